The highest BCUT2D eigenvalue weighted by Crippen LogP contribution is 2.07. The minimum absolute atomic E-state index is 0.00979. The van der Waals surface area contributed by atoms with E-state index in [0.29, 0.717) is 19.5 Å². The summed E-state index contributed by atoms with van der Waals surface area (Å²) < 4.78 is 4.79. The number of amides is 1. The third-order valence-electron chi connectivity index (χ3n) is 1.71. The van der Waals surface area contributed by atoms with Crippen molar-refractivity contribution in [2.75, 3.05) is 13.1 Å². The average molecular weight is 212 g/mol. The Bertz CT molecular complexity index is 359. The third kappa shape index (κ3) is 3.10. The highest BCUT2D eigenvalue weighted by molar-refractivity contribution is 5.93. The molecule has 6 nitrogen and oxygen atoms in total. The van der Waals surface area contributed by atoms with E-state index in [-0.39, 0.29) is 11.5 Å². The number of carbonyl (C=O) groups is 2. The average Bonchev–Trinajstić information content (AvgIpc) is 2.66. The van der Waals surface area contributed by atoms with Gasteiger partial charge >= 0.3 is 5.97 Å². The first-order valence-electron chi connectivity index (χ1n) is 4.46. The van der Waals surface area contributed by atoms with E-state index in [1.165, 1.54) is 12.1 Å². The Morgan fingerprint density at radius 2 is 2.07 bits per heavy atom. The summed E-state index contributed by atoms with van der Waals surface area (Å²) >= 11 is 0. The molecule has 1 aromatic rings. The van der Waals surface area contributed by atoms with Crippen LogP contribution in [0.3, 0.4) is 0 Å². The van der Waals surface area contributed by atoms with E-state index in [2.05, 4.69) is 5.32 Å². The van der Waals surface area contributed by atoms with Gasteiger partial charge in [0.05, 0.1) is 0 Å². The molecule has 0 aromatic carbocycles. The molecule has 1 heterocycles. The van der Waals surface area contributed by atoms with Gasteiger partial charge < -0.3 is 20.6 Å². The molecule has 0 aliphatic carbocycles. The second-order valence-electron chi connectivity index (χ2n) is 2.87. The number of carbonyl (C=O) groups excluding carboxylic acids is 1. The largest absolute Gasteiger partial charge is 0.475 e. The van der Waals surface area contributed by atoms with Gasteiger partial charge in [0.15, 0.2) is 5.76 Å². The lowest BCUT2D eigenvalue weighted by molar-refractivity contribution is 0.0659. The molecule has 0 spiro atoms. The zero-order valence-corrected chi connectivity index (χ0v) is 8.03. The van der Waals surface area contributed by atoms with Crippen molar-refractivity contribution in [3.63, 3.8) is 0 Å². The second kappa shape index (κ2) is 5.16. The molecule has 0 aliphatic rings. The first-order valence-corrected chi connectivity index (χ1v) is 4.46. The van der Waals surface area contributed by atoms with Crippen LogP contribution in [-0.4, -0.2) is 30.1 Å². The fourth-order valence-corrected chi connectivity index (χ4v) is 0.966. The Balaban J connectivity index is 2.54. The van der Waals surface area contributed by atoms with Gasteiger partial charge in [-0.1, -0.05) is 0 Å². The second-order valence-corrected chi connectivity index (χ2v) is 2.87. The van der Waals surface area contributed by atoms with E-state index in [1.54, 1.807) is 0 Å². The molecule has 15 heavy (non-hydrogen) atoms. The molecular formula is C9H12N2O4. The number of carboxylic acid groups (broad SMARTS) is 1. The first-order chi connectivity index (χ1) is 7.15. The predicted molar refractivity (Wildman–Crippen MR) is 51.7 cm³/mol. The summed E-state index contributed by atoms with van der Waals surface area (Å²) in [6, 6.07) is 2.56. The fraction of sp³-hybridized carbons (Fsp3) is 0.333. The monoisotopic (exact) mass is 212 g/mol. The molecule has 0 atom stereocenters. The van der Waals surface area contributed by atoms with Crippen LogP contribution in [0.5, 0.6) is 0 Å². The maximum absolute atomic E-state index is 11.3. The molecule has 6 heteroatoms. The summed E-state index contributed by atoms with van der Waals surface area (Å²) in [5.74, 6) is -1.89. The van der Waals surface area contributed by atoms with Crippen LogP contribution in [0.4, 0.5) is 0 Å². The minimum atomic E-state index is -1.20. The van der Waals surface area contributed by atoms with E-state index in [4.69, 9.17) is 15.3 Å². The van der Waals surface area contributed by atoms with Crippen LogP contribution in [0.1, 0.15) is 27.5 Å². The molecular weight excluding hydrogens is 200 g/mol. The number of nitrogens with two attached hydrogens (primary N) is 1. The zero-order chi connectivity index (χ0) is 11.3. The summed E-state index contributed by atoms with van der Waals surface area (Å²) in [7, 11) is 0. The Morgan fingerprint density at radius 1 is 1.40 bits per heavy atom. The molecule has 1 aromatic heterocycles. The lowest BCUT2D eigenvalue weighted by Gasteiger charge is -2.00. The lowest BCUT2D eigenvalue weighted by atomic mass is 10.4. The Morgan fingerprint density at radius 3 is 2.60 bits per heavy atom. The molecule has 0 saturated carbocycles. The highest BCUT2D eigenvalue weighted by Gasteiger charge is 2.13. The van der Waals surface area contributed by atoms with Crippen LogP contribution in [0, 0.1) is 0 Å². The number of hydrogen-bond donors (Lipinski definition) is 3. The summed E-state index contributed by atoms with van der Waals surface area (Å²) in [5, 5.41) is 11.1. The Kier molecular flexibility index (Phi) is 3.87. The van der Waals surface area contributed by atoms with Gasteiger partial charge in [-0.2, -0.15) is 0 Å². The summed E-state index contributed by atoms with van der Waals surface area (Å²) in [5.41, 5.74) is 5.24. The molecule has 0 saturated heterocycles. The van der Waals surface area contributed by atoms with Crippen molar-refractivity contribution in [3.8, 4) is 0 Å². The van der Waals surface area contributed by atoms with E-state index in [1.807, 2.05) is 0 Å². The number of carboxylic acids is 1. The van der Waals surface area contributed by atoms with Gasteiger partial charge in [-0.15, -0.1) is 0 Å². The Labute approximate surface area is 86.1 Å². The number of furan rings is 1. The summed E-state index contributed by atoms with van der Waals surface area (Å²) in [4.78, 5) is 21.8. The molecule has 4 N–H and O–H groups in total. The van der Waals surface area contributed by atoms with Gasteiger partial charge in [0.25, 0.3) is 5.91 Å². The van der Waals surface area contributed by atoms with Crippen LogP contribution in [-0.2, 0) is 0 Å². The molecule has 0 bridgehead atoms. The molecule has 0 radical (unpaired) electrons. The number of hydrogen-bond acceptors (Lipinski definition) is 4. The quantitative estimate of drug-likeness (QED) is 0.598. The SMILES string of the molecule is NCCCNC(=O)c1ccc(C(=O)O)o1. The van der Waals surface area contributed by atoms with Crippen molar-refractivity contribution >= 4 is 11.9 Å². The van der Waals surface area contributed by atoms with Gasteiger partial charge in [0, 0.05) is 6.54 Å². The van der Waals surface area contributed by atoms with Crippen molar-refractivity contribution in [1.29, 1.82) is 0 Å². The number of rotatable bonds is 5. The third-order valence-corrected chi connectivity index (χ3v) is 1.71. The Hall–Kier alpha value is -1.82. The van der Waals surface area contributed by atoms with Crippen molar-refractivity contribution < 1.29 is 19.1 Å². The summed E-state index contributed by atoms with van der Waals surface area (Å²) in [6.07, 6.45) is 0.665. The number of aromatic carboxylic acids is 1. The molecule has 0 fully saturated rings. The lowest BCUT2D eigenvalue weighted by Crippen LogP contribution is -2.25. The van der Waals surface area contributed by atoms with Crippen molar-refractivity contribution in [1.82, 2.24) is 5.32 Å². The van der Waals surface area contributed by atoms with Gasteiger partial charge in [0.2, 0.25) is 5.76 Å². The molecule has 1 rings (SSSR count). The van der Waals surface area contributed by atoms with Crippen LogP contribution < -0.4 is 11.1 Å². The summed E-state index contributed by atoms with van der Waals surface area (Å²) in [6.45, 7) is 0.928. The zero-order valence-electron chi connectivity index (χ0n) is 8.03. The normalized spacial score (nSPS) is 9.93. The van der Waals surface area contributed by atoms with Gasteiger partial charge in [-0.3, -0.25) is 4.79 Å². The minimum Gasteiger partial charge on any atom is -0.475 e. The molecule has 0 unspecified atom stereocenters. The smallest absolute Gasteiger partial charge is 0.371 e. The predicted octanol–water partition coefficient (Wildman–Crippen LogP) is 0.0564. The molecule has 0 aliphatic heterocycles. The topological polar surface area (TPSA) is 106 Å². The first kappa shape index (κ1) is 11.3. The van der Waals surface area contributed by atoms with E-state index >= 15 is 0 Å². The van der Waals surface area contributed by atoms with Gasteiger partial charge in [-0.25, -0.2) is 4.79 Å². The van der Waals surface area contributed by atoms with E-state index in [9.17, 15) is 9.59 Å². The van der Waals surface area contributed by atoms with E-state index < -0.39 is 11.9 Å². The van der Waals surface area contributed by atoms with Crippen LogP contribution >= 0.6 is 0 Å². The fourth-order valence-electron chi connectivity index (χ4n) is 0.966. The van der Waals surface area contributed by atoms with Crippen molar-refractivity contribution in [3.05, 3.63) is 23.7 Å². The van der Waals surface area contributed by atoms with Gasteiger partial charge in [0.1, 0.15) is 0 Å². The van der Waals surface area contributed by atoms with E-state index in [0.717, 1.165) is 0 Å². The van der Waals surface area contributed by atoms with Crippen molar-refractivity contribution in [2.24, 2.45) is 5.73 Å². The van der Waals surface area contributed by atoms with Crippen LogP contribution in [0.15, 0.2) is 16.5 Å². The number of nitrogens with one attached hydrogen (secondary N) is 1. The van der Waals surface area contributed by atoms with Crippen LogP contribution in [0.2, 0.25) is 0 Å². The molecule has 82 valence electrons. The highest BCUT2D eigenvalue weighted by atomic mass is 16.4. The maximum Gasteiger partial charge on any atom is 0.371 e. The van der Waals surface area contributed by atoms with Crippen molar-refractivity contribution in [2.45, 2.75) is 6.42 Å². The standard InChI is InChI=1S/C9H12N2O4/c10-4-1-5-11-8(12)6-2-3-7(15-6)9(13)14/h2-3H,1,4-5,10H2,(H,11,12)(H,13,14). The van der Waals surface area contributed by atoms with Gasteiger partial charge in [-0.05, 0) is 25.1 Å². The molecule has 1 amide bonds. The maximum atomic E-state index is 11.3. The van der Waals surface area contributed by atoms with Crippen LogP contribution in [0.25, 0.3) is 0 Å².